The molecule has 0 atom stereocenters. The van der Waals surface area contributed by atoms with Crippen LogP contribution in [-0.4, -0.2) is 39.1 Å². The molecule has 0 aromatic heterocycles. The number of carbonyl (C=O) groups excluding carboxylic acids is 2. The molecule has 3 rings (SSSR count). The fraction of sp³-hybridized carbons (Fsp3) is 0.364. The average molecular weight is 382 g/mol. The molecule has 0 unspecified atom stereocenters. The Morgan fingerprint density at radius 3 is 2.64 bits per heavy atom. The molecule has 1 heterocycles. The number of carbonyl (C=O) groups is 2. The van der Waals surface area contributed by atoms with Crippen molar-refractivity contribution < 1.29 is 19.1 Å². The molecule has 0 aliphatic carbocycles. The second-order valence-corrected chi connectivity index (χ2v) is 6.74. The second kappa shape index (κ2) is 9.26. The van der Waals surface area contributed by atoms with E-state index in [1.54, 1.807) is 26.4 Å². The average Bonchev–Trinajstić information content (AvgIpc) is 2.73. The topological polar surface area (TPSA) is 67.9 Å². The molecule has 1 aliphatic heterocycles. The number of nitrogens with zero attached hydrogens (tertiary/aromatic N) is 1. The highest BCUT2D eigenvalue weighted by Crippen LogP contribution is 2.28. The Morgan fingerprint density at radius 2 is 1.86 bits per heavy atom. The number of hydrogen-bond acceptors (Lipinski definition) is 4. The highest BCUT2D eigenvalue weighted by Gasteiger charge is 2.21. The van der Waals surface area contributed by atoms with Gasteiger partial charge in [0.1, 0.15) is 0 Å². The predicted molar refractivity (Wildman–Crippen MR) is 108 cm³/mol. The van der Waals surface area contributed by atoms with Gasteiger partial charge in [0.25, 0.3) is 0 Å². The first kappa shape index (κ1) is 19.7. The number of ether oxygens (including phenoxy) is 2. The lowest BCUT2D eigenvalue weighted by molar-refractivity contribution is -0.121. The van der Waals surface area contributed by atoms with Crippen molar-refractivity contribution in [3.63, 3.8) is 0 Å². The summed E-state index contributed by atoms with van der Waals surface area (Å²) in [6, 6.07) is 13.4. The summed E-state index contributed by atoms with van der Waals surface area (Å²) in [6.45, 7) is 1.05. The molecule has 2 amide bonds. The van der Waals surface area contributed by atoms with Crippen LogP contribution in [0.5, 0.6) is 11.5 Å². The van der Waals surface area contributed by atoms with E-state index >= 15 is 0 Å². The van der Waals surface area contributed by atoms with E-state index in [4.69, 9.17) is 9.47 Å². The summed E-state index contributed by atoms with van der Waals surface area (Å²) in [4.78, 5) is 26.6. The van der Waals surface area contributed by atoms with Crippen molar-refractivity contribution in [3.8, 4) is 11.5 Å². The minimum atomic E-state index is -0.126. The summed E-state index contributed by atoms with van der Waals surface area (Å²) >= 11 is 0. The summed E-state index contributed by atoms with van der Waals surface area (Å²) in [5.41, 5.74) is 3.03. The van der Waals surface area contributed by atoms with Crippen LogP contribution >= 0.6 is 0 Å². The van der Waals surface area contributed by atoms with Crippen LogP contribution in [0.3, 0.4) is 0 Å². The van der Waals surface area contributed by atoms with Crippen molar-refractivity contribution in [1.82, 2.24) is 5.32 Å². The number of methoxy groups -OCH3 is 2. The van der Waals surface area contributed by atoms with Crippen molar-refractivity contribution in [2.24, 2.45) is 0 Å². The molecule has 0 saturated carbocycles. The Labute approximate surface area is 165 Å². The standard InChI is InChI=1S/C22H26N2O4/c1-27-19-10-9-16(14-20(19)28-2)15-21(25)23-12-11-22(26)24-13-5-7-17-6-3-4-8-18(17)24/h3-4,6,8-10,14H,5,7,11-13,15H2,1-2H3,(H,23,25). The molecule has 0 radical (unpaired) electrons. The van der Waals surface area contributed by atoms with Crippen LogP contribution in [0.15, 0.2) is 42.5 Å². The number of aryl methyl sites for hydroxylation is 1. The second-order valence-electron chi connectivity index (χ2n) is 6.74. The zero-order valence-corrected chi connectivity index (χ0v) is 16.4. The van der Waals surface area contributed by atoms with E-state index in [1.165, 1.54) is 5.56 Å². The Hall–Kier alpha value is -3.02. The molecule has 28 heavy (non-hydrogen) atoms. The quantitative estimate of drug-likeness (QED) is 0.800. The Morgan fingerprint density at radius 1 is 1.07 bits per heavy atom. The summed E-state index contributed by atoms with van der Waals surface area (Å²) in [6.07, 6.45) is 2.48. The summed E-state index contributed by atoms with van der Waals surface area (Å²) < 4.78 is 10.5. The Bertz CT molecular complexity index is 850. The van der Waals surface area contributed by atoms with Crippen molar-refractivity contribution >= 4 is 17.5 Å². The van der Waals surface area contributed by atoms with Gasteiger partial charge in [-0.1, -0.05) is 24.3 Å². The van der Waals surface area contributed by atoms with Crippen LogP contribution in [-0.2, 0) is 22.4 Å². The smallest absolute Gasteiger partial charge is 0.228 e. The van der Waals surface area contributed by atoms with Gasteiger partial charge in [-0.25, -0.2) is 0 Å². The van der Waals surface area contributed by atoms with Crippen LogP contribution in [0, 0.1) is 0 Å². The van der Waals surface area contributed by atoms with Crippen LogP contribution in [0.4, 0.5) is 5.69 Å². The highest BCUT2D eigenvalue weighted by atomic mass is 16.5. The van der Waals surface area contributed by atoms with Gasteiger partial charge in [-0.2, -0.15) is 0 Å². The number of hydrogen-bond donors (Lipinski definition) is 1. The minimum absolute atomic E-state index is 0.0403. The summed E-state index contributed by atoms with van der Waals surface area (Å²) in [5, 5.41) is 2.83. The molecule has 1 aliphatic rings. The summed E-state index contributed by atoms with van der Waals surface area (Å²) in [5.74, 6) is 1.13. The number of anilines is 1. The van der Waals surface area contributed by atoms with Gasteiger partial charge >= 0.3 is 0 Å². The van der Waals surface area contributed by atoms with Gasteiger partial charge in [-0.15, -0.1) is 0 Å². The maximum Gasteiger partial charge on any atom is 0.228 e. The molecular weight excluding hydrogens is 356 g/mol. The largest absolute Gasteiger partial charge is 0.493 e. The van der Waals surface area contributed by atoms with Crippen LogP contribution in [0.25, 0.3) is 0 Å². The van der Waals surface area contributed by atoms with Gasteiger partial charge in [-0.05, 0) is 42.2 Å². The van der Waals surface area contributed by atoms with E-state index in [2.05, 4.69) is 11.4 Å². The molecule has 148 valence electrons. The van der Waals surface area contributed by atoms with E-state index in [0.29, 0.717) is 18.0 Å². The lowest BCUT2D eigenvalue weighted by Crippen LogP contribution is -2.38. The van der Waals surface area contributed by atoms with Crippen molar-refractivity contribution in [2.75, 3.05) is 32.2 Å². The van der Waals surface area contributed by atoms with E-state index in [1.807, 2.05) is 29.2 Å². The highest BCUT2D eigenvalue weighted by molar-refractivity contribution is 5.95. The maximum atomic E-state index is 12.6. The zero-order chi connectivity index (χ0) is 19.9. The van der Waals surface area contributed by atoms with Crippen molar-refractivity contribution in [3.05, 3.63) is 53.6 Å². The minimum Gasteiger partial charge on any atom is -0.493 e. The third kappa shape index (κ3) is 4.63. The van der Waals surface area contributed by atoms with Gasteiger partial charge in [0, 0.05) is 25.2 Å². The number of nitrogens with one attached hydrogen (secondary N) is 1. The first-order valence-corrected chi connectivity index (χ1v) is 9.48. The number of fused-ring (bicyclic) bond motifs is 1. The molecule has 2 aromatic rings. The molecule has 0 bridgehead atoms. The number of amides is 2. The monoisotopic (exact) mass is 382 g/mol. The lowest BCUT2D eigenvalue weighted by atomic mass is 10.0. The van der Waals surface area contributed by atoms with E-state index in [-0.39, 0.29) is 24.7 Å². The van der Waals surface area contributed by atoms with Gasteiger partial charge in [-0.3, -0.25) is 9.59 Å². The lowest BCUT2D eigenvalue weighted by Gasteiger charge is -2.29. The third-order valence-electron chi connectivity index (χ3n) is 4.88. The molecule has 1 N–H and O–H groups in total. The molecular formula is C22H26N2O4. The molecule has 0 spiro atoms. The fourth-order valence-electron chi connectivity index (χ4n) is 3.47. The number of benzene rings is 2. The first-order valence-electron chi connectivity index (χ1n) is 9.48. The van der Waals surface area contributed by atoms with Gasteiger partial charge < -0.3 is 19.7 Å². The number of para-hydroxylation sites is 1. The molecule has 6 heteroatoms. The molecule has 2 aromatic carbocycles. The first-order chi connectivity index (χ1) is 13.6. The van der Waals surface area contributed by atoms with Crippen LogP contribution < -0.4 is 19.7 Å². The van der Waals surface area contributed by atoms with Gasteiger partial charge in [0.15, 0.2) is 11.5 Å². The SMILES string of the molecule is COc1ccc(CC(=O)NCCC(=O)N2CCCc3ccccc32)cc1OC. The van der Waals surface area contributed by atoms with E-state index < -0.39 is 0 Å². The van der Waals surface area contributed by atoms with Gasteiger partial charge in [0.2, 0.25) is 11.8 Å². The van der Waals surface area contributed by atoms with Gasteiger partial charge in [0.05, 0.1) is 20.6 Å². The Kier molecular flexibility index (Phi) is 6.53. The normalized spacial score (nSPS) is 12.9. The van der Waals surface area contributed by atoms with Crippen molar-refractivity contribution in [2.45, 2.75) is 25.7 Å². The molecule has 6 nitrogen and oxygen atoms in total. The predicted octanol–water partition coefficient (Wildman–Crippen LogP) is 2.73. The zero-order valence-electron chi connectivity index (χ0n) is 16.4. The van der Waals surface area contributed by atoms with Crippen molar-refractivity contribution in [1.29, 1.82) is 0 Å². The molecule has 0 saturated heterocycles. The Balaban J connectivity index is 1.50. The van der Waals surface area contributed by atoms with E-state index in [9.17, 15) is 9.59 Å². The van der Waals surface area contributed by atoms with Crippen LogP contribution in [0.2, 0.25) is 0 Å². The fourth-order valence-corrected chi connectivity index (χ4v) is 3.47. The van der Waals surface area contributed by atoms with Crippen LogP contribution in [0.1, 0.15) is 24.0 Å². The molecule has 0 fully saturated rings. The summed E-state index contributed by atoms with van der Waals surface area (Å²) in [7, 11) is 3.13. The van der Waals surface area contributed by atoms with E-state index in [0.717, 1.165) is 30.6 Å². The number of rotatable bonds is 7. The maximum absolute atomic E-state index is 12.6. The third-order valence-corrected chi connectivity index (χ3v) is 4.88.